The van der Waals surface area contributed by atoms with Gasteiger partial charge in [-0.3, -0.25) is 4.99 Å². The van der Waals surface area contributed by atoms with Crippen LogP contribution in [0.4, 0.5) is 0 Å². The minimum atomic E-state index is 0. The summed E-state index contributed by atoms with van der Waals surface area (Å²) in [7, 11) is 1.72. The van der Waals surface area contributed by atoms with E-state index in [-0.39, 0.29) is 24.0 Å². The van der Waals surface area contributed by atoms with Gasteiger partial charge < -0.3 is 15.4 Å². The first-order valence-corrected chi connectivity index (χ1v) is 7.13. The van der Waals surface area contributed by atoms with Crippen LogP contribution in [0.25, 0.3) is 0 Å². The molecule has 0 aromatic rings. The molecule has 4 nitrogen and oxygen atoms in total. The molecule has 0 saturated carbocycles. The van der Waals surface area contributed by atoms with Crippen LogP contribution in [-0.4, -0.2) is 38.8 Å². The molecule has 0 aliphatic carbocycles. The van der Waals surface area contributed by atoms with E-state index in [1.807, 2.05) is 0 Å². The van der Waals surface area contributed by atoms with Gasteiger partial charge in [-0.25, -0.2) is 0 Å². The van der Waals surface area contributed by atoms with Gasteiger partial charge in [0.1, 0.15) is 0 Å². The standard InChI is InChI=1S/C14H31N3O.HI/c1-6-15-14(16-10-7-11-18-5)17-13(4)9-8-12(2)3;/h12-13H,6-11H2,1-5H3,(H2,15,16,17);1H. The summed E-state index contributed by atoms with van der Waals surface area (Å²) in [5.41, 5.74) is 0. The van der Waals surface area contributed by atoms with E-state index >= 15 is 0 Å². The molecule has 0 aliphatic heterocycles. The van der Waals surface area contributed by atoms with Crippen molar-refractivity contribution >= 4 is 29.9 Å². The van der Waals surface area contributed by atoms with Gasteiger partial charge in [0.05, 0.1) is 0 Å². The Kier molecular flexibility index (Phi) is 16.1. The number of nitrogens with zero attached hydrogens (tertiary/aromatic N) is 1. The topological polar surface area (TPSA) is 45.7 Å². The Balaban J connectivity index is 0. The number of halogens is 1. The first-order valence-electron chi connectivity index (χ1n) is 7.13. The third-order valence-electron chi connectivity index (χ3n) is 2.68. The summed E-state index contributed by atoms with van der Waals surface area (Å²) in [4.78, 5) is 4.53. The van der Waals surface area contributed by atoms with Crippen LogP contribution in [0.1, 0.15) is 47.0 Å². The fourth-order valence-corrected chi connectivity index (χ4v) is 1.61. The highest BCUT2D eigenvalue weighted by Crippen LogP contribution is 2.06. The summed E-state index contributed by atoms with van der Waals surface area (Å²) in [5, 5.41) is 6.72. The molecular formula is C14H32IN3O. The molecule has 2 N–H and O–H groups in total. The molecule has 0 saturated heterocycles. The van der Waals surface area contributed by atoms with Crippen molar-refractivity contribution in [1.82, 2.24) is 10.6 Å². The predicted octanol–water partition coefficient (Wildman–Crippen LogP) is 3.02. The number of hydrogen-bond donors (Lipinski definition) is 2. The fourth-order valence-electron chi connectivity index (χ4n) is 1.61. The molecule has 0 radical (unpaired) electrons. The van der Waals surface area contributed by atoms with Gasteiger partial charge in [-0.15, -0.1) is 24.0 Å². The number of methoxy groups -OCH3 is 1. The molecule has 0 aromatic carbocycles. The van der Waals surface area contributed by atoms with E-state index in [2.05, 4.69) is 43.3 Å². The van der Waals surface area contributed by atoms with Crippen molar-refractivity contribution in [2.24, 2.45) is 10.9 Å². The Labute approximate surface area is 136 Å². The minimum absolute atomic E-state index is 0. The fraction of sp³-hybridized carbons (Fsp3) is 0.929. The zero-order valence-electron chi connectivity index (χ0n) is 13.2. The Morgan fingerprint density at radius 3 is 2.42 bits per heavy atom. The van der Waals surface area contributed by atoms with Crippen LogP contribution < -0.4 is 10.6 Å². The second-order valence-electron chi connectivity index (χ2n) is 5.12. The highest BCUT2D eigenvalue weighted by Gasteiger charge is 2.05. The maximum Gasteiger partial charge on any atom is 0.191 e. The molecule has 1 atom stereocenters. The van der Waals surface area contributed by atoms with Crippen LogP contribution in [0, 0.1) is 5.92 Å². The summed E-state index contributed by atoms with van der Waals surface area (Å²) < 4.78 is 5.02. The van der Waals surface area contributed by atoms with Crippen molar-refractivity contribution in [1.29, 1.82) is 0 Å². The van der Waals surface area contributed by atoms with E-state index in [0.717, 1.165) is 38.0 Å². The van der Waals surface area contributed by atoms with Crippen molar-refractivity contribution in [3.63, 3.8) is 0 Å². The molecular weight excluding hydrogens is 353 g/mol. The largest absolute Gasteiger partial charge is 0.385 e. The zero-order valence-corrected chi connectivity index (χ0v) is 15.5. The van der Waals surface area contributed by atoms with Gasteiger partial charge in [0.2, 0.25) is 0 Å². The second kappa shape index (κ2) is 14.4. The van der Waals surface area contributed by atoms with Gasteiger partial charge in [-0.05, 0) is 39.0 Å². The van der Waals surface area contributed by atoms with E-state index in [1.54, 1.807) is 7.11 Å². The predicted molar refractivity (Wildman–Crippen MR) is 94.6 cm³/mol. The highest BCUT2D eigenvalue weighted by atomic mass is 127. The zero-order chi connectivity index (χ0) is 13.8. The Hall–Kier alpha value is -0.0400. The van der Waals surface area contributed by atoms with Crippen LogP contribution in [0.3, 0.4) is 0 Å². The number of nitrogens with one attached hydrogen (secondary N) is 2. The molecule has 0 bridgehead atoms. The first kappa shape index (κ1) is 21.3. The lowest BCUT2D eigenvalue weighted by molar-refractivity contribution is 0.197. The lowest BCUT2D eigenvalue weighted by Crippen LogP contribution is -2.42. The maximum atomic E-state index is 5.02. The van der Waals surface area contributed by atoms with Crippen LogP contribution in [0.15, 0.2) is 4.99 Å². The average molecular weight is 385 g/mol. The third-order valence-corrected chi connectivity index (χ3v) is 2.68. The van der Waals surface area contributed by atoms with Gasteiger partial charge in [0, 0.05) is 32.8 Å². The van der Waals surface area contributed by atoms with E-state index < -0.39 is 0 Å². The van der Waals surface area contributed by atoms with Gasteiger partial charge >= 0.3 is 0 Å². The molecule has 19 heavy (non-hydrogen) atoms. The van der Waals surface area contributed by atoms with Gasteiger partial charge in [0.25, 0.3) is 0 Å². The van der Waals surface area contributed by atoms with Crippen molar-refractivity contribution in [2.75, 3.05) is 26.8 Å². The van der Waals surface area contributed by atoms with Gasteiger partial charge in [-0.2, -0.15) is 0 Å². The molecule has 0 aromatic heterocycles. The molecule has 1 unspecified atom stereocenters. The molecule has 0 fully saturated rings. The smallest absolute Gasteiger partial charge is 0.191 e. The lowest BCUT2D eigenvalue weighted by Gasteiger charge is -2.18. The molecule has 0 heterocycles. The third kappa shape index (κ3) is 14.2. The Bertz CT molecular complexity index is 223. The summed E-state index contributed by atoms with van der Waals surface area (Å²) >= 11 is 0. The van der Waals surface area contributed by atoms with Crippen molar-refractivity contribution in [3.8, 4) is 0 Å². The summed E-state index contributed by atoms with van der Waals surface area (Å²) in [5.74, 6) is 1.68. The molecule has 0 spiro atoms. The van der Waals surface area contributed by atoms with Crippen molar-refractivity contribution in [3.05, 3.63) is 0 Å². The Morgan fingerprint density at radius 1 is 1.21 bits per heavy atom. The van der Waals surface area contributed by atoms with E-state index in [0.29, 0.717) is 6.04 Å². The number of guanidine groups is 1. The number of hydrogen-bond acceptors (Lipinski definition) is 2. The monoisotopic (exact) mass is 385 g/mol. The van der Waals surface area contributed by atoms with Gasteiger partial charge in [-0.1, -0.05) is 13.8 Å². The maximum absolute atomic E-state index is 5.02. The van der Waals surface area contributed by atoms with Crippen LogP contribution in [-0.2, 0) is 4.74 Å². The minimum Gasteiger partial charge on any atom is -0.385 e. The molecule has 116 valence electrons. The van der Waals surface area contributed by atoms with E-state index in [9.17, 15) is 0 Å². The highest BCUT2D eigenvalue weighted by molar-refractivity contribution is 14.0. The summed E-state index contributed by atoms with van der Waals surface area (Å²) in [6.07, 6.45) is 3.39. The van der Waals surface area contributed by atoms with Crippen molar-refractivity contribution in [2.45, 2.75) is 53.0 Å². The van der Waals surface area contributed by atoms with Crippen LogP contribution in [0.2, 0.25) is 0 Å². The number of aliphatic imine (C=N–C) groups is 1. The Morgan fingerprint density at radius 2 is 1.89 bits per heavy atom. The van der Waals surface area contributed by atoms with Crippen LogP contribution >= 0.6 is 24.0 Å². The number of rotatable bonds is 9. The molecule has 0 rings (SSSR count). The number of ether oxygens (including phenoxy) is 1. The van der Waals surface area contributed by atoms with Crippen LogP contribution in [0.5, 0.6) is 0 Å². The van der Waals surface area contributed by atoms with Crippen molar-refractivity contribution < 1.29 is 4.74 Å². The lowest BCUT2D eigenvalue weighted by atomic mass is 10.0. The SMILES string of the molecule is CCNC(=NCCCOC)NC(C)CCC(C)C.I. The van der Waals surface area contributed by atoms with Gasteiger partial charge in [0.15, 0.2) is 5.96 Å². The average Bonchev–Trinajstić information content (AvgIpc) is 2.32. The molecule has 0 amide bonds. The summed E-state index contributed by atoms with van der Waals surface area (Å²) in [6.45, 7) is 11.3. The van der Waals surface area contributed by atoms with E-state index in [4.69, 9.17) is 4.74 Å². The molecule has 5 heteroatoms. The quantitative estimate of drug-likeness (QED) is 0.278. The normalized spacial score (nSPS) is 13.1. The first-order chi connectivity index (χ1) is 8.60. The molecule has 0 aliphatic rings. The second-order valence-corrected chi connectivity index (χ2v) is 5.12. The van der Waals surface area contributed by atoms with E-state index in [1.165, 1.54) is 12.8 Å². The summed E-state index contributed by atoms with van der Waals surface area (Å²) in [6, 6.07) is 0.465.